The van der Waals surface area contributed by atoms with Gasteiger partial charge >= 0.3 is 0 Å². The van der Waals surface area contributed by atoms with Crippen molar-refractivity contribution >= 4 is 46.4 Å². The molecule has 3 aromatic carbocycles. The number of anilines is 1. The molecule has 3 nitrogen and oxygen atoms in total. The fourth-order valence-corrected chi connectivity index (χ4v) is 5.67. The van der Waals surface area contributed by atoms with E-state index >= 15 is 0 Å². The van der Waals surface area contributed by atoms with Gasteiger partial charge in [-0.2, -0.15) is 5.26 Å². The average molecular weight is 526 g/mol. The topological polar surface area (TPSA) is 44.1 Å². The van der Waals surface area contributed by atoms with Gasteiger partial charge in [0.15, 0.2) is 0 Å². The monoisotopic (exact) mass is 524 g/mol. The van der Waals surface area contributed by atoms with Crippen molar-refractivity contribution in [2.75, 3.05) is 4.90 Å². The van der Waals surface area contributed by atoms with Crippen LogP contribution in [0, 0.1) is 17.2 Å². The Hall–Kier alpha value is -2.51. The first-order valence-corrected chi connectivity index (χ1v) is 13.0. The highest BCUT2D eigenvalue weighted by atomic mass is 35.5. The molecule has 1 fully saturated rings. The second-order valence-electron chi connectivity index (χ2n) is 9.20. The smallest absolute Gasteiger partial charge is 0.230 e. The molecule has 0 radical (unpaired) electrons. The number of carbonyl (C=O) groups is 1. The van der Waals surface area contributed by atoms with Crippen molar-refractivity contribution in [2.45, 2.75) is 51.0 Å². The molecule has 35 heavy (non-hydrogen) atoms. The summed E-state index contributed by atoms with van der Waals surface area (Å²) in [5.41, 5.74) is 3.36. The molecule has 6 heteroatoms. The van der Waals surface area contributed by atoms with E-state index in [1.807, 2.05) is 53.4 Å². The first-order chi connectivity index (χ1) is 16.9. The molecule has 0 bridgehead atoms. The molecule has 0 spiro atoms. The molecule has 180 valence electrons. The van der Waals surface area contributed by atoms with Crippen LogP contribution in [0.15, 0.2) is 66.7 Å². The highest BCUT2D eigenvalue weighted by Gasteiger charge is 2.35. The van der Waals surface area contributed by atoms with Crippen LogP contribution in [0.25, 0.3) is 0 Å². The van der Waals surface area contributed by atoms with Crippen molar-refractivity contribution in [3.63, 3.8) is 0 Å². The van der Waals surface area contributed by atoms with Crippen LogP contribution in [0.4, 0.5) is 5.69 Å². The lowest BCUT2D eigenvalue weighted by molar-refractivity contribution is -0.122. The van der Waals surface area contributed by atoms with Gasteiger partial charge < -0.3 is 4.90 Å². The Labute approximate surface area is 222 Å². The van der Waals surface area contributed by atoms with Crippen LogP contribution in [0.1, 0.15) is 55.2 Å². The van der Waals surface area contributed by atoms with Gasteiger partial charge in [0.05, 0.1) is 22.3 Å². The van der Waals surface area contributed by atoms with Gasteiger partial charge in [-0.3, -0.25) is 4.79 Å². The molecule has 0 saturated heterocycles. The lowest BCUT2D eigenvalue weighted by Gasteiger charge is -2.37. The molecule has 1 aliphatic carbocycles. The second-order valence-corrected chi connectivity index (χ2v) is 10.5. The number of carbonyl (C=O) groups excluding carboxylic acids is 1. The number of halogens is 3. The van der Waals surface area contributed by atoms with Crippen molar-refractivity contribution in [1.29, 1.82) is 5.26 Å². The van der Waals surface area contributed by atoms with Crippen molar-refractivity contribution in [3.05, 3.63) is 98.5 Å². The van der Waals surface area contributed by atoms with Gasteiger partial charge in [0.2, 0.25) is 5.91 Å². The molecular formula is C29H27Cl3N2O. The van der Waals surface area contributed by atoms with Crippen molar-refractivity contribution in [2.24, 2.45) is 5.92 Å². The maximum Gasteiger partial charge on any atom is 0.230 e. The molecule has 0 aliphatic heterocycles. The predicted octanol–water partition coefficient (Wildman–Crippen LogP) is 8.46. The van der Waals surface area contributed by atoms with Gasteiger partial charge in [-0.15, -0.1) is 0 Å². The first-order valence-electron chi connectivity index (χ1n) is 11.9. The minimum absolute atomic E-state index is 0.0224. The molecular weight excluding hydrogens is 499 g/mol. The third kappa shape index (κ3) is 6.01. The Balaban J connectivity index is 1.80. The molecule has 0 aromatic heterocycles. The summed E-state index contributed by atoms with van der Waals surface area (Å²) >= 11 is 19.0. The Morgan fingerprint density at radius 3 is 2.34 bits per heavy atom. The van der Waals surface area contributed by atoms with E-state index in [0.29, 0.717) is 32.7 Å². The molecule has 3 aromatic rings. The van der Waals surface area contributed by atoms with E-state index in [1.165, 1.54) is 0 Å². The van der Waals surface area contributed by atoms with E-state index in [0.717, 1.165) is 36.8 Å². The average Bonchev–Trinajstić information content (AvgIpc) is 3.40. The highest BCUT2D eigenvalue weighted by Crippen LogP contribution is 2.38. The van der Waals surface area contributed by atoms with Crippen LogP contribution < -0.4 is 4.90 Å². The molecule has 4 rings (SSSR count). The fourth-order valence-electron chi connectivity index (χ4n) is 5.05. The normalized spacial score (nSPS) is 15.4. The zero-order chi connectivity index (χ0) is 24.9. The van der Waals surface area contributed by atoms with Gasteiger partial charge in [0.25, 0.3) is 0 Å². The maximum absolute atomic E-state index is 13.9. The molecule has 0 N–H and O–H groups in total. The van der Waals surface area contributed by atoms with Crippen LogP contribution >= 0.6 is 34.8 Å². The Bertz CT molecular complexity index is 1230. The van der Waals surface area contributed by atoms with E-state index in [1.54, 1.807) is 18.2 Å². The lowest BCUT2D eigenvalue weighted by Crippen LogP contribution is -2.45. The zero-order valence-electron chi connectivity index (χ0n) is 19.6. The SMILES string of the molecule is CC(C(Cc1ccc(Cl)cc1)c1cccc(C#N)c1)N(C(=O)C1CCCC1)c1ccc(Cl)cc1Cl. The molecule has 1 amide bonds. The number of rotatable bonds is 7. The van der Waals surface area contributed by atoms with Crippen molar-refractivity contribution < 1.29 is 4.79 Å². The van der Waals surface area contributed by atoms with Gasteiger partial charge in [0, 0.05) is 27.9 Å². The van der Waals surface area contributed by atoms with Crippen molar-refractivity contribution in [3.8, 4) is 6.07 Å². The third-order valence-corrected chi connectivity index (χ3v) is 7.70. The first kappa shape index (κ1) is 25.6. The molecule has 2 atom stereocenters. The van der Waals surface area contributed by atoms with Gasteiger partial charge in [-0.05, 0) is 79.8 Å². The third-order valence-electron chi connectivity index (χ3n) is 6.91. The van der Waals surface area contributed by atoms with Crippen LogP contribution in [0.5, 0.6) is 0 Å². The summed E-state index contributed by atoms with van der Waals surface area (Å²) in [5.74, 6) is -0.0100. The van der Waals surface area contributed by atoms with Crippen LogP contribution in [-0.2, 0) is 11.2 Å². The number of nitriles is 1. The largest absolute Gasteiger partial charge is 0.307 e. The quantitative estimate of drug-likeness (QED) is 0.310. The summed E-state index contributed by atoms with van der Waals surface area (Å²) in [7, 11) is 0. The number of benzene rings is 3. The minimum atomic E-state index is -0.230. The molecule has 0 heterocycles. The highest BCUT2D eigenvalue weighted by molar-refractivity contribution is 6.36. The number of nitrogens with zero attached hydrogens (tertiary/aromatic N) is 2. The minimum Gasteiger partial charge on any atom is -0.307 e. The molecule has 2 unspecified atom stereocenters. The standard InChI is InChI=1S/C29H27Cl3N2O/c1-19(34(29(35)22-6-2-3-7-22)28-14-13-25(31)17-27(28)32)26(16-20-9-11-24(30)12-10-20)23-8-4-5-21(15-23)18-33/h4-5,8-15,17,19,22,26H,2-3,6-7,16H2,1H3. The van der Waals surface area contributed by atoms with Gasteiger partial charge in [-0.25, -0.2) is 0 Å². The number of hydrogen-bond acceptors (Lipinski definition) is 2. The van der Waals surface area contributed by atoms with Crippen LogP contribution in [0.3, 0.4) is 0 Å². The van der Waals surface area contributed by atoms with Gasteiger partial charge in [0.1, 0.15) is 0 Å². The van der Waals surface area contributed by atoms with Crippen LogP contribution in [0.2, 0.25) is 15.1 Å². The van der Waals surface area contributed by atoms with Gasteiger partial charge in [-0.1, -0.05) is 71.9 Å². The Kier molecular flexibility index (Phi) is 8.39. The van der Waals surface area contributed by atoms with E-state index in [-0.39, 0.29) is 23.8 Å². The van der Waals surface area contributed by atoms with Crippen molar-refractivity contribution in [1.82, 2.24) is 0 Å². The molecule has 1 aliphatic rings. The maximum atomic E-state index is 13.9. The summed E-state index contributed by atoms with van der Waals surface area (Å²) in [5, 5.41) is 11.2. The summed E-state index contributed by atoms with van der Waals surface area (Å²) in [6, 6.07) is 22.7. The number of amides is 1. The molecule has 1 saturated carbocycles. The second kappa shape index (κ2) is 11.5. The summed E-state index contributed by atoms with van der Waals surface area (Å²) in [4.78, 5) is 15.8. The van der Waals surface area contributed by atoms with E-state index in [9.17, 15) is 10.1 Å². The predicted molar refractivity (Wildman–Crippen MR) is 144 cm³/mol. The van der Waals surface area contributed by atoms with E-state index in [4.69, 9.17) is 34.8 Å². The van der Waals surface area contributed by atoms with Crippen LogP contribution in [-0.4, -0.2) is 11.9 Å². The summed E-state index contributed by atoms with van der Waals surface area (Å²) in [6.45, 7) is 2.07. The Morgan fingerprint density at radius 2 is 1.69 bits per heavy atom. The fraction of sp³-hybridized carbons (Fsp3) is 0.310. The van der Waals surface area contributed by atoms with E-state index < -0.39 is 0 Å². The zero-order valence-corrected chi connectivity index (χ0v) is 21.8. The number of hydrogen-bond donors (Lipinski definition) is 0. The lowest BCUT2D eigenvalue weighted by atomic mass is 9.84. The Morgan fingerprint density at radius 1 is 1.00 bits per heavy atom. The summed E-state index contributed by atoms with van der Waals surface area (Å²) in [6.07, 6.45) is 4.57. The van der Waals surface area contributed by atoms with E-state index in [2.05, 4.69) is 13.0 Å². The summed E-state index contributed by atoms with van der Waals surface area (Å²) < 4.78 is 0.